The summed E-state index contributed by atoms with van der Waals surface area (Å²) in [6, 6.07) is 9.51. The van der Waals surface area contributed by atoms with Crippen LogP contribution in [0.25, 0.3) is 5.52 Å². The number of aromatic nitrogens is 3. The van der Waals surface area contributed by atoms with Crippen molar-refractivity contribution >= 4 is 42.9 Å². The Morgan fingerprint density at radius 3 is 2.20 bits per heavy atom. The molecule has 1 unspecified atom stereocenters. The number of esters is 3. The highest BCUT2D eigenvalue weighted by Crippen LogP contribution is 2.50. The Kier molecular flexibility index (Phi) is 13.1. The van der Waals surface area contributed by atoms with E-state index in [1.54, 1.807) is 67.8 Å². The zero-order valence-corrected chi connectivity index (χ0v) is 32.4. The van der Waals surface area contributed by atoms with Crippen LogP contribution in [0.2, 0.25) is 0 Å². The number of nitrogens with zero attached hydrogens (tertiary/aromatic N) is 5. The number of nitrogen functional groups attached to an aromatic ring is 1. The van der Waals surface area contributed by atoms with Gasteiger partial charge in [0.2, 0.25) is 5.60 Å². The van der Waals surface area contributed by atoms with Crippen molar-refractivity contribution in [2.24, 2.45) is 11.8 Å². The maximum atomic E-state index is 14.6. The number of rotatable bonds is 15. The van der Waals surface area contributed by atoms with Crippen molar-refractivity contribution in [3.8, 4) is 11.8 Å². The summed E-state index contributed by atoms with van der Waals surface area (Å²) in [6.07, 6.45) is -3.77. The fourth-order valence-corrected chi connectivity index (χ4v) is 6.73. The number of nitrogens with two attached hydrogens (primary N) is 1. The second-order valence-electron chi connectivity index (χ2n) is 13.7. The van der Waals surface area contributed by atoms with E-state index in [1.807, 2.05) is 6.07 Å². The number of hydrogen-bond acceptors (Lipinski definition) is 15. The Hall–Kier alpha value is -5.08. The molecule has 1 amide bonds. The van der Waals surface area contributed by atoms with Gasteiger partial charge in [0.1, 0.15) is 42.4 Å². The normalized spacial score (nSPS) is 21.4. The lowest BCUT2D eigenvalue weighted by Gasteiger charge is -2.31. The number of nitriles is 1. The lowest BCUT2D eigenvalue weighted by Crippen LogP contribution is -2.50. The molecule has 1 aromatic carbocycles. The van der Waals surface area contributed by atoms with Crippen LogP contribution in [0.15, 0.2) is 42.7 Å². The largest absolute Gasteiger partial charge is 0.462 e. The molecule has 0 radical (unpaired) electrons. The minimum absolute atomic E-state index is 0.0368. The minimum atomic E-state index is -4.70. The maximum absolute atomic E-state index is 14.6. The molecule has 1 aliphatic rings. The molecular weight excluding hydrogens is 725 g/mol. The van der Waals surface area contributed by atoms with Crippen LogP contribution in [0, 0.1) is 23.2 Å². The number of anilines is 1. The van der Waals surface area contributed by atoms with Crippen LogP contribution in [0.5, 0.6) is 5.75 Å². The Labute approximate surface area is 312 Å². The van der Waals surface area contributed by atoms with Gasteiger partial charge >= 0.3 is 25.7 Å². The third-order valence-electron chi connectivity index (χ3n) is 8.06. The summed E-state index contributed by atoms with van der Waals surface area (Å²) in [5, 5.41) is 17.6. The Morgan fingerprint density at radius 1 is 1.00 bits per heavy atom. The third kappa shape index (κ3) is 9.34. The van der Waals surface area contributed by atoms with Gasteiger partial charge in [0.05, 0.1) is 23.6 Å². The van der Waals surface area contributed by atoms with Crippen LogP contribution in [-0.2, 0) is 42.4 Å². The molecule has 3 N–H and O–H groups in total. The Morgan fingerprint density at radius 2 is 1.63 bits per heavy atom. The molecule has 3 aromatic rings. The molecule has 0 aliphatic carbocycles. The molecular formula is C35H46N7O11P. The van der Waals surface area contributed by atoms with Gasteiger partial charge in [-0.05, 0) is 57.2 Å². The number of fused-ring (bicyclic) bond motifs is 1. The molecule has 2 aromatic heterocycles. The smallest absolute Gasteiger partial charge is 0.459 e. The van der Waals surface area contributed by atoms with Gasteiger partial charge in [-0.1, -0.05) is 27.7 Å². The fraction of sp³-hybridized carbons (Fsp3) is 0.514. The number of carbonyl (C=O) groups excluding carboxylic acids is 4. The van der Waals surface area contributed by atoms with Crippen LogP contribution in [-0.4, -0.2) is 94.0 Å². The molecule has 0 saturated carbocycles. The summed E-state index contributed by atoms with van der Waals surface area (Å²) in [5.74, 6) is -3.82. The van der Waals surface area contributed by atoms with E-state index < -0.39 is 80.2 Å². The van der Waals surface area contributed by atoms with E-state index in [-0.39, 0.29) is 23.2 Å². The van der Waals surface area contributed by atoms with Gasteiger partial charge in [-0.15, -0.1) is 0 Å². The lowest BCUT2D eigenvalue weighted by molar-refractivity contribution is -0.173. The molecule has 18 nitrogen and oxygen atoms in total. The predicted octanol–water partition coefficient (Wildman–Crippen LogP) is 3.62. The summed E-state index contributed by atoms with van der Waals surface area (Å²) in [4.78, 5) is 57.0. The van der Waals surface area contributed by atoms with E-state index in [1.165, 1.54) is 46.9 Å². The van der Waals surface area contributed by atoms with Crippen LogP contribution >= 0.6 is 7.75 Å². The first-order valence-electron chi connectivity index (χ1n) is 17.1. The first-order chi connectivity index (χ1) is 25.3. The van der Waals surface area contributed by atoms with Gasteiger partial charge in [-0.3, -0.25) is 23.7 Å². The van der Waals surface area contributed by atoms with Crippen LogP contribution in [0.1, 0.15) is 70.6 Å². The van der Waals surface area contributed by atoms with Gasteiger partial charge in [0, 0.05) is 19.7 Å². The van der Waals surface area contributed by atoms with E-state index in [0.717, 1.165) is 0 Å². The monoisotopic (exact) mass is 771 g/mol. The quantitative estimate of drug-likeness (QED) is 0.127. The van der Waals surface area contributed by atoms with Crippen molar-refractivity contribution in [3.05, 3.63) is 54.0 Å². The number of amides is 1. The number of hydrogen-bond donors (Lipinski definition) is 2. The van der Waals surface area contributed by atoms with Crippen molar-refractivity contribution in [2.45, 2.75) is 84.5 Å². The second-order valence-corrected chi connectivity index (χ2v) is 15.4. The molecule has 1 fully saturated rings. The van der Waals surface area contributed by atoms with Crippen LogP contribution in [0.4, 0.5) is 5.82 Å². The number of benzene rings is 1. The van der Waals surface area contributed by atoms with Crippen molar-refractivity contribution in [1.29, 1.82) is 5.26 Å². The van der Waals surface area contributed by atoms with E-state index in [4.69, 9.17) is 33.7 Å². The Balaban J connectivity index is 1.80. The highest BCUT2D eigenvalue weighted by molar-refractivity contribution is 7.52. The zero-order chi connectivity index (χ0) is 40.1. The molecule has 1 aliphatic heterocycles. The van der Waals surface area contributed by atoms with Gasteiger partial charge < -0.3 is 34.1 Å². The first-order valence-corrected chi connectivity index (χ1v) is 18.7. The number of carbonyl (C=O) groups is 4. The average molecular weight is 772 g/mol. The van der Waals surface area contributed by atoms with E-state index in [9.17, 15) is 29.0 Å². The minimum Gasteiger partial charge on any atom is -0.462 e. The Bertz CT molecular complexity index is 1940. The van der Waals surface area contributed by atoms with E-state index >= 15 is 0 Å². The summed E-state index contributed by atoms with van der Waals surface area (Å²) < 4.78 is 51.1. The zero-order valence-electron chi connectivity index (χ0n) is 31.5. The molecule has 1 saturated heterocycles. The van der Waals surface area contributed by atoms with E-state index in [0.29, 0.717) is 11.1 Å². The summed E-state index contributed by atoms with van der Waals surface area (Å²) in [6.45, 7) is 10.0. The van der Waals surface area contributed by atoms with Gasteiger partial charge in [-0.25, -0.2) is 14.1 Å². The second kappa shape index (κ2) is 16.9. The summed E-state index contributed by atoms with van der Waals surface area (Å²) in [7, 11) is -1.53. The average Bonchev–Trinajstić information content (AvgIpc) is 3.67. The summed E-state index contributed by atoms with van der Waals surface area (Å²) in [5.41, 5.74) is 4.68. The van der Waals surface area contributed by atoms with E-state index in [2.05, 4.69) is 15.2 Å². The van der Waals surface area contributed by atoms with Gasteiger partial charge in [0.25, 0.3) is 5.91 Å². The van der Waals surface area contributed by atoms with Gasteiger partial charge in [-0.2, -0.15) is 15.4 Å². The molecule has 0 bridgehead atoms. The van der Waals surface area contributed by atoms with Crippen LogP contribution in [0.3, 0.4) is 0 Å². The van der Waals surface area contributed by atoms with Crippen molar-refractivity contribution < 1.29 is 51.7 Å². The standard InChI is InChI=1S/C35H46N7O11P/c1-19(2)32(44)50-28-27(25-14-15-26-30(37)38-18-39-42(25)26)52-35(16-36,29(28)51-33(45)20(3)4)17-48-54(47,40-22(7)34(46)49-21(5)6)53-24-12-10-23(11-13-24)31(43)41(8)9/h10-15,18-22,27-29H,17H2,1-9H3,(H,40,47)(H2,37,38,39)/t22-,27-,28-,29-,35+,54?/m0/s1. The highest BCUT2D eigenvalue weighted by atomic mass is 31.2. The molecule has 3 heterocycles. The molecule has 292 valence electrons. The topological polar surface area (TPSA) is 236 Å². The molecule has 54 heavy (non-hydrogen) atoms. The van der Waals surface area contributed by atoms with Crippen molar-refractivity contribution in [3.63, 3.8) is 0 Å². The predicted molar refractivity (Wildman–Crippen MR) is 191 cm³/mol. The van der Waals surface area contributed by atoms with Gasteiger partial charge in [0.15, 0.2) is 18.0 Å². The first kappa shape index (κ1) is 41.7. The maximum Gasteiger partial charge on any atom is 0.459 e. The van der Waals surface area contributed by atoms with Crippen molar-refractivity contribution in [1.82, 2.24) is 24.6 Å². The molecule has 19 heteroatoms. The third-order valence-corrected chi connectivity index (χ3v) is 9.69. The highest BCUT2D eigenvalue weighted by Gasteiger charge is 2.62. The lowest BCUT2D eigenvalue weighted by atomic mass is 9.95. The van der Waals surface area contributed by atoms with Crippen molar-refractivity contribution in [2.75, 3.05) is 26.4 Å². The van der Waals surface area contributed by atoms with Crippen LogP contribution < -0.4 is 15.3 Å². The number of nitrogens with one attached hydrogen (secondary N) is 1. The summed E-state index contributed by atoms with van der Waals surface area (Å²) >= 11 is 0. The molecule has 4 rings (SSSR count). The fourth-order valence-electron chi connectivity index (χ4n) is 5.21. The molecule has 0 spiro atoms. The number of ether oxygens (including phenoxy) is 4. The SMILES string of the molecule is CC(C)OC(=O)[C@H](C)NP(=O)(OC[C@@]1(C#N)O[C@@H](c2ccc3c(N)ncnn23)[C@H](OC(=O)C(C)C)[C@@H]1OC(=O)C(C)C)Oc1ccc(C(=O)N(C)C)cc1. The molecule has 6 atom stereocenters.